The standard InChI is InChI=1S/C19H23N3O2/c1-14(15-6-3-2-4-7-15)22-19(23)16-9-10-18(20-12-16)21-13-17-8-5-11-24-17/h2-4,6-7,9-10,12,14,17H,5,8,11,13H2,1H3,(H,20,21)(H,22,23). The third kappa shape index (κ3) is 4.32. The molecule has 1 aliphatic rings. The van der Waals surface area contributed by atoms with Crippen molar-refractivity contribution >= 4 is 11.7 Å². The molecule has 1 aromatic heterocycles. The molecule has 1 aliphatic heterocycles. The number of carbonyl (C=O) groups is 1. The third-order valence-corrected chi connectivity index (χ3v) is 4.21. The Morgan fingerprint density at radius 1 is 1.29 bits per heavy atom. The summed E-state index contributed by atoms with van der Waals surface area (Å²) in [5.74, 6) is 0.641. The molecule has 0 aliphatic carbocycles. The highest BCUT2D eigenvalue weighted by molar-refractivity contribution is 5.94. The molecule has 0 radical (unpaired) electrons. The molecular weight excluding hydrogens is 302 g/mol. The van der Waals surface area contributed by atoms with Gasteiger partial charge in [-0.2, -0.15) is 0 Å². The van der Waals surface area contributed by atoms with Crippen LogP contribution >= 0.6 is 0 Å². The number of aromatic nitrogens is 1. The zero-order valence-corrected chi connectivity index (χ0v) is 13.9. The Bertz CT molecular complexity index is 652. The maximum Gasteiger partial charge on any atom is 0.253 e. The number of rotatable bonds is 6. The van der Waals surface area contributed by atoms with Crippen molar-refractivity contribution in [2.24, 2.45) is 0 Å². The Morgan fingerprint density at radius 3 is 2.79 bits per heavy atom. The molecule has 0 bridgehead atoms. The number of ether oxygens (including phenoxy) is 1. The normalized spacial score (nSPS) is 18.1. The Balaban J connectivity index is 1.53. The van der Waals surface area contributed by atoms with Crippen LogP contribution in [0.5, 0.6) is 0 Å². The first-order valence-corrected chi connectivity index (χ1v) is 8.40. The van der Waals surface area contributed by atoms with E-state index in [0.29, 0.717) is 5.56 Å². The average molecular weight is 325 g/mol. The number of carbonyl (C=O) groups excluding carboxylic acids is 1. The van der Waals surface area contributed by atoms with Gasteiger partial charge in [-0.3, -0.25) is 4.79 Å². The molecule has 2 heterocycles. The molecule has 5 heteroatoms. The molecule has 126 valence electrons. The summed E-state index contributed by atoms with van der Waals surface area (Å²) >= 11 is 0. The highest BCUT2D eigenvalue weighted by atomic mass is 16.5. The first-order valence-electron chi connectivity index (χ1n) is 8.40. The topological polar surface area (TPSA) is 63.2 Å². The van der Waals surface area contributed by atoms with Crippen LogP contribution in [-0.4, -0.2) is 30.1 Å². The second-order valence-electron chi connectivity index (χ2n) is 6.05. The van der Waals surface area contributed by atoms with Crippen LogP contribution in [0.15, 0.2) is 48.7 Å². The van der Waals surface area contributed by atoms with E-state index in [-0.39, 0.29) is 18.1 Å². The van der Waals surface area contributed by atoms with Crippen molar-refractivity contribution < 1.29 is 9.53 Å². The highest BCUT2D eigenvalue weighted by Crippen LogP contribution is 2.14. The van der Waals surface area contributed by atoms with Crippen LogP contribution in [0.2, 0.25) is 0 Å². The van der Waals surface area contributed by atoms with Crippen molar-refractivity contribution in [1.82, 2.24) is 10.3 Å². The molecule has 2 atom stereocenters. The van der Waals surface area contributed by atoms with Gasteiger partial charge in [-0.05, 0) is 37.5 Å². The largest absolute Gasteiger partial charge is 0.376 e. The number of benzene rings is 1. The van der Waals surface area contributed by atoms with Crippen LogP contribution in [0.1, 0.15) is 41.7 Å². The molecule has 3 rings (SSSR count). The average Bonchev–Trinajstić information content (AvgIpc) is 3.14. The fraction of sp³-hybridized carbons (Fsp3) is 0.368. The summed E-state index contributed by atoms with van der Waals surface area (Å²) < 4.78 is 5.57. The third-order valence-electron chi connectivity index (χ3n) is 4.21. The maximum absolute atomic E-state index is 12.3. The Labute approximate surface area is 142 Å². The summed E-state index contributed by atoms with van der Waals surface area (Å²) in [6.07, 6.45) is 4.08. The van der Waals surface area contributed by atoms with Gasteiger partial charge in [0.1, 0.15) is 5.82 Å². The lowest BCUT2D eigenvalue weighted by Crippen LogP contribution is -2.26. The minimum absolute atomic E-state index is 0.0454. The van der Waals surface area contributed by atoms with Gasteiger partial charge in [0, 0.05) is 19.3 Å². The van der Waals surface area contributed by atoms with Gasteiger partial charge < -0.3 is 15.4 Å². The van der Waals surface area contributed by atoms with Crippen LogP contribution in [0, 0.1) is 0 Å². The number of anilines is 1. The van der Waals surface area contributed by atoms with Crippen molar-refractivity contribution in [2.75, 3.05) is 18.5 Å². The van der Waals surface area contributed by atoms with Gasteiger partial charge in [0.25, 0.3) is 5.91 Å². The van der Waals surface area contributed by atoms with E-state index in [9.17, 15) is 4.79 Å². The molecule has 24 heavy (non-hydrogen) atoms. The minimum Gasteiger partial charge on any atom is -0.376 e. The van der Waals surface area contributed by atoms with Crippen LogP contribution < -0.4 is 10.6 Å². The van der Waals surface area contributed by atoms with E-state index < -0.39 is 0 Å². The first-order chi connectivity index (χ1) is 11.7. The summed E-state index contributed by atoms with van der Waals surface area (Å²) in [4.78, 5) is 16.6. The number of amides is 1. The Morgan fingerprint density at radius 2 is 2.12 bits per heavy atom. The number of hydrogen-bond donors (Lipinski definition) is 2. The van der Waals surface area contributed by atoms with Gasteiger partial charge in [0.05, 0.1) is 17.7 Å². The smallest absolute Gasteiger partial charge is 0.253 e. The van der Waals surface area contributed by atoms with E-state index in [1.165, 1.54) is 0 Å². The second kappa shape index (κ2) is 7.93. The van der Waals surface area contributed by atoms with Crippen molar-refractivity contribution in [2.45, 2.75) is 31.9 Å². The lowest BCUT2D eigenvalue weighted by molar-refractivity contribution is 0.0939. The van der Waals surface area contributed by atoms with Crippen LogP contribution in [-0.2, 0) is 4.74 Å². The quantitative estimate of drug-likeness (QED) is 0.856. The molecule has 1 saturated heterocycles. The Kier molecular flexibility index (Phi) is 5.43. The monoisotopic (exact) mass is 325 g/mol. The summed E-state index contributed by atoms with van der Waals surface area (Å²) in [5.41, 5.74) is 1.63. The molecule has 2 aromatic rings. The van der Waals surface area contributed by atoms with Crippen molar-refractivity contribution in [3.8, 4) is 0 Å². The summed E-state index contributed by atoms with van der Waals surface area (Å²) in [5, 5.41) is 6.24. The van der Waals surface area contributed by atoms with Gasteiger partial charge >= 0.3 is 0 Å². The molecule has 2 unspecified atom stereocenters. The first kappa shape index (κ1) is 16.5. The van der Waals surface area contributed by atoms with Crippen molar-refractivity contribution in [3.05, 3.63) is 59.8 Å². The molecule has 1 aromatic carbocycles. The van der Waals surface area contributed by atoms with Crippen molar-refractivity contribution in [3.63, 3.8) is 0 Å². The van der Waals surface area contributed by atoms with Gasteiger partial charge in [-0.1, -0.05) is 30.3 Å². The minimum atomic E-state index is -0.121. The zero-order chi connectivity index (χ0) is 16.8. The SMILES string of the molecule is CC(NC(=O)c1ccc(NCC2CCCO2)nc1)c1ccccc1. The predicted octanol–water partition coefficient (Wildman–Crippen LogP) is 3.16. The molecule has 0 saturated carbocycles. The molecule has 5 nitrogen and oxygen atoms in total. The van der Waals surface area contributed by atoms with E-state index in [4.69, 9.17) is 4.74 Å². The molecular formula is C19H23N3O2. The van der Waals surface area contributed by atoms with E-state index >= 15 is 0 Å². The van der Waals surface area contributed by atoms with Gasteiger partial charge in [-0.15, -0.1) is 0 Å². The Hall–Kier alpha value is -2.40. The lowest BCUT2D eigenvalue weighted by atomic mass is 10.1. The molecule has 0 spiro atoms. The van der Waals surface area contributed by atoms with E-state index in [0.717, 1.165) is 37.4 Å². The zero-order valence-electron chi connectivity index (χ0n) is 13.9. The van der Waals surface area contributed by atoms with Gasteiger partial charge in [-0.25, -0.2) is 4.98 Å². The van der Waals surface area contributed by atoms with E-state index in [2.05, 4.69) is 15.6 Å². The number of pyridine rings is 1. The maximum atomic E-state index is 12.3. The van der Waals surface area contributed by atoms with Crippen LogP contribution in [0.3, 0.4) is 0 Å². The number of nitrogens with zero attached hydrogens (tertiary/aromatic N) is 1. The second-order valence-corrected chi connectivity index (χ2v) is 6.05. The number of hydrogen-bond acceptors (Lipinski definition) is 4. The van der Waals surface area contributed by atoms with Gasteiger partial charge in [0.2, 0.25) is 0 Å². The fourth-order valence-electron chi connectivity index (χ4n) is 2.76. The van der Waals surface area contributed by atoms with E-state index in [1.54, 1.807) is 12.3 Å². The van der Waals surface area contributed by atoms with Crippen LogP contribution in [0.25, 0.3) is 0 Å². The summed E-state index contributed by atoms with van der Waals surface area (Å²) in [7, 11) is 0. The summed E-state index contributed by atoms with van der Waals surface area (Å²) in [6.45, 7) is 3.57. The highest BCUT2D eigenvalue weighted by Gasteiger charge is 2.15. The molecule has 1 amide bonds. The fourth-order valence-corrected chi connectivity index (χ4v) is 2.76. The predicted molar refractivity (Wildman–Crippen MR) is 94.0 cm³/mol. The van der Waals surface area contributed by atoms with Crippen molar-refractivity contribution in [1.29, 1.82) is 0 Å². The summed E-state index contributed by atoms with van der Waals surface area (Å²) in [6, 6.07) is 13.5. The van der Waals surface area contributed by atoms with E-state index in [1.807, 2.05) is 43.3 Å². The van der Waals surface area contributed by atoms with Crippen LogP contribution in [0.4, 0.5) is 5.82 Å². The number of nitrogens with one attached hydrogen (secondary N) is 2. The molecule has 1 fully saturated rings. The molecule has 2 N–H and O–H groups in total. The lowest BCUT2D eigenvalue weighted by Gasteiger charge is -2.14. The van der Waals surface area contributed by atoms with Gasteiger partial charge in [0.15, 0.2) is 0 Å².